The van der Waals surface area contributed by atoms with Crippen LogP contribution in [0.5, 0.6) is 0 Å². The van der Waals surface area contributed by atoms with Gasteiger partial charge in [-0.2, -0.15) is 23.5 Å². The average Bonchev–Trinajstić information content (AvgIpc) is 3.00. The van der Waals surface area contributed by atoms with Gasteiger partial charge in [-0.05, 0) is 83.6 Å². The molecule has 274 valence electrons. The van der Waals surface area contributed by atoms with Crippen LogP contribution in [-0.4, -0.2) is 82.4 Å². The topological polar surface area (TPSA) is 154 Å². The Bertz CT molecular complexity index is 1130. The molecule has 0 bridgehead atoms. The van der Waals surface area contributed by atoms with Gasteiger partial charge in [-0.15, -0.1) is 0 Å². The fraction of sp³-hybridized carbons (Fsp3) is 0.694. The van der Waals surface area contributed by atoms with Gasteiger partial charge in [0.25, 0.3) is 0 Å². The van der Waals surface area contributed by atoms with E-state index in [1.165, 1.54) is 47.2 Å². The number of carbonyl (C=O) groups is 5. The number of amides is 4. The lowest BCUT2D eigenvalue weighted by Gasteiger charge is -2.29. The van der Waals surface area contributed by atoms with Gasteiger partial charge < -0.3 is 26.4 Å². The monoisotopic (exact) mass is 710 g/mol. The van der Waals surface area contributed by atoms with Crippen molar-refractivity contribution in [3.05, 3.63) is 34.9 Å². The highest BCUT2D eigenvalue weighted by molar-refractivity contribution is 7.99. The van der Waals surface area contributed by atoms with E-state index in [2.05, 4.69) is 67.2 Å². The second-order valence-corrected chi connectivity index (χ2v) is 15.1. The minimum absolute atomic E-state index is 0.250. The molecular formula is C36H62N4O6S2. The molecule has 0 heterocycles. The summed E-state index contributed by atoms with van der Waals surface area (Å²) in [7, 11) is 0. The number of rotatable bonds is 24. The maximum Gasteiger partial charge on any atom is 0.326 e. The Kier molecular flexibility index (Phi) is 23.8. The number of carboxylic acid groups (broad SMARTS) is 1. The first-order valence-electron chi connectivity index (χ1n) is 17.0. The van der Waals surface area contributed by atoms with E-state index in [4.69, 9.17) is 0 Å². The van der Waals surface area contributed by atoms with Crippen molar-refractivity contribution in [1.29, 1.82) is 0 Å². The molecule has 0 fully saturated rings. The summed E-state index contributed by atoms with van der Waals surface area (Å²) >= 11 is 2.99. The van der Waals surface area contributed by atoms with Crippen LogP contribution in [0.15, 0.2) is 34.9 Å². The molecule has 10 nitrogen and oxygen atoms in total. The van der Waals surface area contributed by atoms with Gasteiger partial charge in [-0.3, -0.25) is 19.2 Å². The van der Waals surface area contributed by atoms with E-state index in [0.29, 0.717) is 23.7 Å². The Labute approximate surface area is 297 Å². The van der Waals surface area contributed by atoms with Crippen LogP contribution in [0.2, 0.25) is 0 Å². The van der Waals surface area contributed by atoms with Crippen LogP contribution in [0, 0.1) is 11.8 Å². The molecule has 5 atom stereocenters. The lowest BCUT2D eigenvalue weighted by molar-refractivity contribution is -0.142. The second-order valence-electron chi connectivity index (χ2n) is 13.0. The molecule has 0 saturated carbocycles. The number of hydrogen-bond donors (Lipinski definition) is 5. The SMILES string of the molecule is CC[C@H](C)[C@H](NC(=O)[C@H](NC(=O)[C@H](CSC/C=C(/C)CC/C=C(/C)CCC=C(C)C)NC(C)=O)C(C)C)C(=O)N[C@H](CCSC)C(=O)O. The van der Waals surface area contributed by atoms with E-state index in [-0.39, 0.29) is 24.2 Å². The zero-order valence-corrected chi connectivity index (χ0v) is 32.5. The van der Waals surface area contributed by atoms with Crippen molar-refractivity contribution in [2.75, 3.05) is 23.5 Å². The minimum atomic E-state index is -1.14. The van der Waals surface area contributed by atoms with Crippen molar-refractivity contribution >= 4 is 53.1 Å². The fourth-order valence-electron chi connectivity index (χ4n) is 4.64. The van der Waals surface area contributed by atoms with Gasteiger partial charge in [-0.25, -0.2) is 4.79 Å². The molecule has 0 aromatic heterocycles. The molecule has 5 N–H and O–H groups in total. The molecular weight excluding hydrogens is 649 g/mol. The Balaban J connectivity index is 5.42. The van der Waals surface area contributed by atoms with Crippen molar-refractivity contribution in [3.8, 4) is 0 Å². The predicted molar refractivity (Wildman–Crippen MR) is 201 cm³/mol. The van der Waals surface area contributed by atoms with E-state index in [1.54, 1.807) is 20.8 Å². The summed E-state index contributed by atoms with van der Waals surface area (Å²) in [6.45, 7) is 17.1. The van der Waals surface area contributed by atoms with Crippen molar-refractivity contribution in [2.45, 2.75) is 125 Å². The third-order valence-electron chi connectivity index (χ3n) is 7.92. The number of carboxylic acids is 1. The summed E-state index contributed by atoms with van der Waals surface area (Å²) < 4.78 is 0. The summed E-state index contributed by atoms with van der Waals surface area (Å²) in [6.07, 6.45) is 13.4. The molecule has 0 rings (SSSR count). The molecule has 0 aliphatic heterocycles. The number of thioether (sulfide) groups is 2. The third-order valence-corrected chi connectivity index (χ3v) is 9.53. The van der Waals surface area contributed by atoms with Gasteiger partial charge in [0.2, 0.25) is 23.6 Å². The van der Waals surface area contributed by atoms with Gasteiger partial charge in [0.05, 0.1) is 0 Å². The van der Waals surface area contributed by atoms with Crippen molar-refractivity contribution < 1.29 is 29.1 Å². The number of carbonyl (C=O) groups excluding carboxylic acids is 4. The van der Waals surface area contributed by atoms with Crippen LogP contribution in [-0.2, 0) is 24.0 Å². The molecule has 0 aliphatic rings. The summed E-state index contributed by atoms with van der Waals surface area (Å²) in [5.41, 5.74) is 3.98. The molecule has 0 saturated heterocycles. The maximum atomic E-state index is 13.5. The number of hydrogen-bond acceptors (Lipinski definition) is 7. The van der Waals surface area contributed by atoms with Crippen LogP contribution in [0.3, 0.4) is 0 Å². The quantitative estimate of drug-likeness (QED) is 0.0638. The van der Waals surface area contributed by atoms with Crippen LogP contribution >= 0.6 is 23.5 Å². The zero-order chi connectivity index (χ0) is 36.8. The maximum absolute atomic E-state index is 13.5. The van der Waals surface area contributed by atoms with Gasteiger partial charge in [-0.1, -0.05) is 69.1 Å². The third kappa shape index (κ3) is 19.9. The normalized spacial score (nSPS) is 15.1. The molecule has 0 aliphatic carbocycles. The van der Waals surface area contributed by atoms with Crippen LogP contribution < -0.4 is 21.3 Å². The first-order valence-corrected chi connectivity index (χ1v) is 19.5. The average molecular weight is 711 g/mol. The lowest BCUT2D eigenvalue weighted by Crippen LogP contribution is -2.60. The first-order chi connectivity index (χ1) is 22.5. The molecule has 12 heteroatoms. The molecule has 48 heavy (non-hydrogen) atoms. The number of allylic oxidation sites excluding steroid dienone is 5. The molecule has 0 unspecified atom stereocenters. The largest absolute Gasteiger partial charge is 0.480 e. The molecule has 0 radical (unpaired) electrons. The lowest BCUT2D eigenvalue weighted by atomic mass is 9.96. The highest BCUT2D eigenvalue weighted by atomic mass is 32.2. The zero-order valence-electron chi connectivity index (χ0n) is 30.9. The van der Waals surface area contributed by atoms with Crippen molar-refractivity contribution in [3.63, 3.8) is 0 Å². The Hall–Kier alpha value is -2.73. The molecule has 0 aromatic carbocycles. The number of aliphatic carboxylic acids is 1. The van der Waals surface area contributed by atoms with Gasteiger partial charge >= 0.3 is 5.97 Å². The van der Waals surface area contributed by atoms with Gasteiger partial charge in [0, 0.05) is 18.4 Å². The molecule has 0 spiro atoms. The van der Waals surface area contributed by atoms with Crippen LogP contribution in [0.25, 0.3) is 0 Å². The van der Waals surface area contributed by atoms with Crippen LogP contribution in [0.1, 0.15) is 101 Å². The summed E-state index contributed by atoms with van der Waals surface area (Å²) in [5, 5.41) is 20.4. The smallest absolute Gasteiger partial charge is 0.326 e. The van der Waals surface area contributed by atoms with Gasteiger partial charge in [0.1, 0.15) is 24.2 Å². The summed E-state index contributed by atoms with van der Waals surface area (Å²) in [5.74, 6) is -2.20. The standard InChI is InChI=1S/C36H62N4O6S2/c1-11-27(8)32(35(44)38-29(36(45)46)19-20-47-10)40-34(43)31(24(4)5)39-33(42)30(37-28(9)41)22-48-21-18-26(7)17-13-16-25(6)15-12-14-23(2)3/h14,16,18,24,27,29-32H,11-13,15,17,19-22H2,1-10H3,(H,37,41)(H,38,44)(H,39,42)(H,40,43)(H,45,46)/b25-16-,26-18-/t27-,29+,30-,31+,32-/m0/s1. The predicted octanol–water partition coefficient (Wildman–Crippen LogP) is 5.64. The molecule has 4 amide bonds. The number of nitrogens with one attached hydrogen (secondary N) is 4. The van der Waals surface area contributed by atoms with Crippen LogP contribution in [0.4, 0.5) is 0 Å². The highest BCUT2D eigenvalue weighted by Gasteiger charge is 2.34. The Morgan fingerprint density at radius 3 is 1.81 bits per heavy atom. The minimum Gasteiger partial charge on any atom is -0.480 e. The van der Waals surface area contributed by atoms with E-state index in [9.17, 15) is 29.1 Å². The second kappa shape index (κ2) is 25.3. The fourth-order valence-corrected chi connectivity index (χ4v) is 6.12. The van der Waals surface area contributed by atoms with Crippen molar-refractivity contribution in [1.82, 2.24) is 21.3 Å². The van der Waals surface area contributed by atoms with E-state index in [0.717, 1.165) is 25.7 Å². The van der Waals surface area contributed by atoms with Gasteiger partial charge in [0.15, 0.2) is 0 Å². The Morgan fingerprint density at radius 2 is 1.29 bits per heavy atom. The summed E-state index contributed by atoms with van der Waals surface area (Å²) in [4.78, 5) is 63.8. The summed E-state index contributed by atoms with van der Waals surface area (Å²) in [6, 6.07) is -3.91. The van der Waals surface area contributed by atoms with Crippen molar-refractivity contribution in [2.24, 2.45) is 11.8 Å². The van der Waals surface area contributed by atoms with E-state index < -0.39 is 47.9 Å². The first kappa shape index (κ1) is 45.3. The highest BCUT2D eigenvalue weighted by Crippen LogP contribution is 2.15. The Morgan fingerprint density at radius 1 is 0.729 bits per heavy atom. The van der Waals surface area contributed by atoms with E-state index in [1.807, 2.05) is 13.2 Å². The van der Waals surface area contributed by atoms with E-state index >= 15 is 0 Å². The molecule has 0 aromatic rings.